The highest BCUT2D eigenvalue weighted by Crippen LogP contribution is 2.45. The van der Waals surface area contributed by atoms with E-state index < -0.39 is 17.2 Å². The van der Waals surface area contributed by atoms with Crippen molar-refractivity contribution in [2.75, 3.05) is 38.3 Å². The van der Waals surface area contributed by atoms with E-state index in [1.807, 2.05) is 4.90 Å². The number of carboxylic acids is 1. The number of methoxy groups -OCH3 is 1. The number of hydrogen-bond donors (Lipinski definition) is 3. The number of carboxylic acid groups (broad SMARTS) is 1. The molecule has 9 heteroatoms. The summed E-state index contributed by atoms with van der Waals surface area (Å²) in [6.45, 7) is 1.00. The van der Waals surface area contributed by atoms with E-state index in [1.54, 1.807) is 4.57 Å². The number of aromatic carboxylic acids is 1. The minimum Gasteiger partial charge on any atom is -0.492 e. The van der Waals surface area contributed by atoms with Gasteiger partial charge in [0.25, 0.3) is 0 Å². The number of hydrogen-bond acceptors (Lipinski definition) is 6. The summed E-state index contributed by atoms with van der Waals surface area (Å²) < 4.78 is 22.7. The molecule has 8 nitrogen and oxygen atoms in total. The summed E-state index contributed by atoms with van der Waals surface area (Å²) in [4.78, 5) is 26.2. The molecular formula is C22H27FN2O6. The molecule has 1 saturated carbocycles. The van der Waals surface area contributed by atoms with Crippen molar-refractivity contribution < 1.29 is 29.2 Å². The third kappa shape index (κ3) is 3.76. The molecule has 2 aromatic rings. The minimum absolute atomic E-state index is 0.0109. The number of aliphatic hydroxyl groups is 2. The van der Waals surface area contributed by atoms with Crippen LogP contribution >= 0.6 is 0 Å². The van der Waals surface area contributed by atoms with Crippen LogP contribution in [0.15, 0.2) is 17.1 Å². The van der Waals surface area contributed by atoms with E-state index >= 15 is 4.39 Å². The maximum Gasteiger partial charge on any atom is 0.341 e. The monoisotopic (exact) mass is 434 g/mol. The molecule has 0 bridgehead atoms. The molecule has 2 heterocycles. The standard InChI is InChI=1S/C22H27FN2O6/c1-31-21-18-15(20(28)16(22(29)30)11-25(18)14-2-3-14)8-17(23)19(21)24-9-12(4-6-26)13(10-24)5-7-27/h8,11-14,26-27H,2-7,9-10H2,1H3,(H,29,30). The maximum absolute atomic E-state index is 15.4. The van der Waals surface area contributed by atoms with Crippen LogP contribution in [-0.4, -0.2) is 59.3 Å². The summed E-state index contributed by atoms with van der Waals surface area (Å²) in [7, 11) is 1.41. The summed E-state index contributed by atoms with van der Waals surface area (Å²) in [5.74, 6) is -1.60. The summed E-state index contributed by atoms with van der Waals surface area (Å²) in [5, 5.41) is 28.2. The van der Waals surface area contributed by atoms with Gasteiger partial charge >= 0.3 is 5.97 Å². The number of fused-ring (bicyclic) bond motifs is 1. The third-order valence-corrected chi connectivity index (χ3v) is 6.47. The van der Waals surface area contributed by atoms with Crippen molar-refractivity contribution in [1.82, 2.24) is 4.57 Å². The molecule has 31 heavy (non-hydrogen) atoms. The number of aliphatic hydroxyl groups excluding tert-OH is 2. The summed E-state index contributed by atoms with van der Waals surface area (Å²) in [6.07, 6.45) is 4.12. The Morgan fingerprint density at radius 3 is 2.29 bits per heavy atom. The molecule has 1 aromatic carbocycles. The highest BCUT2D eigenvalue weighted by Gasteiger charge is 2.36. The van der Waals surface area contributed by atoms with Gasteiger partial charge in [-0.1, -0.05) is 0 Å². The Labute approximate surface area is 178 Å². The lowest BCUT2D eigenvalue weighted by molar-refractivity contribution is 0.0694. The van der Waals surface area contributed by atoms with Gasteiger partial charge < -0.3 is 29.5 Å². The first-order valence-electron chi connectivity index (χ1n) is 10.6. The van der Waals surface area contributed by atoms with Crippen molar-refractivity contribution >= 4 is 22.6 Å². The SMILES string of the molecule is COc1c(N2CC(CCO)C(CCO)C2)c(F)cc2c(=O)c(C(=O)O)cn(C3CC3)c12. The molecular weight excluding hydrogens is 407 g/mol. The Bertz CT molecular complexity index is 1050. The van der Waals surface area contributed by atoms with Crippen LogP contribution in [0, 0.1) is 17.7 Å². The molecule has 0 spiro atoms. The number of rotatable bonds is 8. The zero-order valence-corrected chi connectivity index (χ0v) is 17.4. The highest BCUT2D eigenvalue weighted by molar-refractivity contribution is 5.97. The zero-order chi connectivity index (χ0) is 22.3. The van der Waals surface area contributed by atoms with Gasteiger partial charge in [-0.05, 0) is 43.6 Å². The highest BCUT2D eigenvalue weighted by atomic mass is 19.1. The number of halogens is 1. The molecule has 0 radical (unpaired) electrons. The molecule has 2 aliphatic rings. The predicted molar refractivity (Wildman–Crippen MR) is 113 cm³/mol. The van der Waals surface area contributed by atoms with E-state index in [-0.39, 0.29) is 53.5 Å². The van der Waals surface area contributed by atoms with E-state index in [9.17, 15) is 24.9 Å². The quantitative estimate of drug-likeness (QED) is 0.583. The topological polar surface area (TPSA) is 112 Å². The normalized spacial score (nSPS) is 21.1. The first-order valence-corrected chi connectivity index (χ1v) is 10.6. The summed E-state index contributed by atoms with van der Waals surface area (Å²) in [5.41, 5.74) is -0.488. The van der Waals surface area contributed by atoms with Gasteiger partial charge in [0.15, 0.2) is 11.6 Å². The zero-order valence-electron chi connectivity index (χ0n) is 17.4. The molecule has 3 N–H and O–H groups in total. The lowest BCUT2D eigenvalue weighted by Crippen LogP contribution is -2.24. The Kier molecular flexibility index (Phi) is 5.90. The van der Waals surface area contributed by atoms with Crippen LogP contribution in [0.4, 0.5) is 10.1 Å². The van der Waals surface area contributed by atoms with Crippen molar-refractivity contribution in [3.05, 3.63) is 33.9 Å². The van der Waals surface area contributed by atoms with Crippen LogP contribution in [-0.2, 0) is 0 Å². The van der Waals surface area contributed by atoms with Crippen molar-refractivity contribution in [2.24, 2.45) is 11.8 Å². The second-order valence-corrected chi connectivity index (χ2v) is 8.40. The molecule has 2 fully saturated rings. The number of ether oxygens (including phenoxy) is 1. The second kappa shape index (κ2) is 8.47. The molecule has 1 aromatic heterocycles. The van der Waals surface area contributed by atoms with Gasteiger partial charge in [0.05, 0.1) is 18.0 Å². The maximum atomic E-state index is 15.4. The number of anilines is 1. The largest absolute Gasteiger partial charge is 0.492 e. The molecule has 1 aliphatic carbocycles. The Hall–Kier alpha value is -2.65. The van der Waals surface area contributed by atoms with Crippen LogP contribution in [0.1, 0.15) is 42.1 Å². The summed E-state index contributed by atoms with van der Waals surface area (Å²) >= 11 is 0. The molecule has 1 saturated heterocycles. The van der Waals surface area contributed by atoms with Gasteiger partial charge in [-0.3, -0.25) is 4.79 Å². The Morgan fingerprint density at radius 2 is 1.81 bits per heavy atom. The molecule has 0 amide bonds. The van der Waals surface area contributed by atoms with Crippen molar-refractivity contribution in [3.8, 4) is 5.75 Å². The molecule has 2 unspecified atom stereocenters. The van der Waals surface area contributed by atoms with Gasteiger partial charge in [0.2, 0.25) is 5.43 Å². The fraction of sp³-hybridized carbons (Fsp3) is 0.545. The van der Waals surface area contributed by atoms with E-state index in [1.165, 1.54) is 13.3 Å². The molecule has 4 rings (SSSR count). The van der Waals surface area contributed by atoms with Crippen molar-refractivity contribution in [1.29, 1.82) is 0 Å². The Balaban J connectivity index is 1.90. The number of aromatic nitrogens is 1. The molecule has 1 aliphatic heterocycles. The number of benzene rings is 1. The van der Waals surface area contributed by atoms with Crippen LogP contribution in [0.25, 0.3) is 10.9 Å². The van der Waals surface area contributed by atoms with Gasteiger partial charge in [0, 0.05) is 38.5 Å². The molecule has 168 valence electrons. The van der Waals surface area contributed by atoms with Gasteiger partial charge in [-0.25, -0.2) is 9.18 Å². The fourth-order valence-corrected chi connectivity index (χ4v) is 4.83. The van der Waals surface area contributed by atoms with Crippen LogP contribution in [0.2, 0.25) is 0 Å². The first-order chi connectivity index (χ1) is 14.9. The third-order valence-electron chi connectivity index (χ3n) is 6.47. The average molecular weight is 434 g/mol. The molecule has 2 atom stereocenters. The van der Waals surface area contributed by atoms with Gasteiger partial charge in [-0.15, -0.1) is 0 Å². The van der Waals surface area contributed by atoms with Crippen LogP contribution < -0.4 is 15.1 Å². The fourth-order valence-electron chi connectivity index (χ4n) is 4.83. The number of carbonyl (C=O) groups is 1. The van der Waals surface area contributed by atoms with E-state index in [0.717, 1.165) is 18.9 Å². The van der Waals surface area contributed by atoms with Gasteiger partial charge in [-0.2, -0.15) is 0 Å². The van der Waals surface area contributed by atoms with Crippen LogP contribution in [0.3, 0.4) is 0 Å². The second-order valence-electron chi connectivity index (χ2n) is 8.40. The lowest BCUT2D eigenvalue weighted by atomic mass is 9.91. The van der Waals surface area contributed by atoms with Crippen molar-refractivity contribution in [3.63, 3.8) is 0 Å². The van der Waals surface area contributed by atoms with E-state index in [0.29, 0.717) is 31.4 Å². The van der Waals surface area contributed by atoms with Gasteiger partial charge in [0.1, 0.15) is 11.3 Å². The van der Waals surface area contributed by atoms with E-state index in [4.69, 9.17) is 4.74 Å². The lowest BCUT2D eigenvalue weighted by Gasteiger charge is -2.25. The minimum atomic E-state index is -1.34. The van der Waals surface area contributed by atoms with E-state index in [2.05, 4.69) is 0 Å². The first kappa shape index (κ1) is 21.6. The number of nitrogens with zero attached hydrogens (tertiary/aromatic N) is 2. The smallest absolute Gasteiger partial charge is 0.341 e. The number of pyridine rings is 1. The van der Waals surface area contributed by atoms with Crippen LogP contribution in [0.5, 0.6) is 5.75 Å². The Morgan fingerprint density at radius 1 is 1.19 bits per heavy atom. The van der Waals surface area contributed by atoms with Crippen molar-refractivity contribution in [2.45, 2.75) is 31.7 Å². The average Bonchev–Trinajstić information content (AvgIpc) is 3.50. The predicted octanol–water partition coefficient (Wildman–Crippen LogP) is 2.00. The summed E-state index contributed by atoms with van der Waals surface area (Å²) in [6, 6.07) is 1.15.